The number of fused-ring (bicyclic) bond motifs is 1. The topological polar surface area (TPSA) is 86.5 Å². The first-order chi connectivity index (χ1) is 14.7. The molecule has 30 heavy (non-hydrogen) atoms. The normalized spacial score (nSPS) is 16.2. The highest BCUT2D eigenvalue weighted by Gasteiger charge is 2.21. The van der Waals surface area contributed by atoms with Crippen LogP contribution in [-0.2, 0) is 4.84 Å². The number of pyridine rings is 2. The van der Waals surface area contributed by atoms with Crippen LogP contribution >= 0.6 is 0 Å². The van der Waals surface area contributed by atoms with E-state index in [4.69, 9.17) is 14.6 Å². The van der Waals surface area contributed by atoms with Crippen LogP contribution in [-0.4, -0.2) is 39.1 Å². The third-order valence-corrected chi connectivity index (χ3v) is 4.97. The molecule has 0 fully saturated rings. The molecule has 0 bridgehead atoms. The zero-order valence-corrected chi connectivity index (χ0v) is 16.6. The number of hydroxylamine groups is 1. The van der Waals surface area contributed by atoms with Crippen LogP contribution in [0.1, 0.15) is 23.0 Å². The predicted octanol–water partition coefficient (Wildman–Crippen LogP) is 3.16. The second-order valence-electron chi connectivity index (χ2n) is 7.01. The zero-order valence-electron chi connectivity index (χ0n) is 16.6. The minimum absolute atomic E-state index is 0.144. The molecule has 1 aliphatic rings. The number of nitrogens with one attached hydrogen (secondary N) is 1. The number of methoxy groups -OCH3 is 1. The van der Waals surface area contributed by atoms with Gasteiger partial charge >= 0.3 is 0 Å². The molecule has 1 aliphatic heterocycles. The van der Waals surface area contributed by atoms with E-state index in [0.29, 0.717) is 24.0 Å². The number of hydrogen-bond acceptors (Lipinski definition) is 7. The van der Waals surface area contributed by atoms with Crippen LogP contribution in [0.5, 0.6) is 5.88 Å². The quantitative estimate of drug-likeness (QED) is 0.566. The van der Waals surface area contributed by atoms with Gasteiger partial charge in [-0.05, 0) is 42.8 Å². The minimum Gasteiger partial charge on any atom is -0.479 e. The number of ether oxygens (including phenoxy) is 1. The maximum Gasteiger partial charge on any atom is 0.238 e. The molecular formula is C22H20N6O2. The molecular weight excluding hydrogens is 380 g/mol. The number of benzene rings is 1. The lowest BCUT2D eigenvalue weighted by Crippen LogP contribution is -2.33. The van der Waals surface area contributed by atoms with Gasteiger partial charge < -0.3 is 9.30 Å². The van der Waals surface area contributed by atoms with Crippen molar-refractivity contribution < 1.29 is 9.57 Å². The lowest BCUT2D eigenvalue weighted by molar-refractivity contribution is 0.0621. The molecule has 0 saturated carbocycles. The average Bonchev–Trinajstić information content (AvgIpc) is 3.24. The molecule has 1 N–H and O–H groups in total. The zero-order chi connectivity index (χ0) is 20.5. The molecule has 3 aromatic heterocycles. The monoisotopic (exact) mass is 400 g/mol. The number of hydrogen-bond donors (Lipinski definition) is 1. The van der Waals surface area contributed by atoms with Crippen molar-refractivity contribution in [1.82, 2.24) is 25.0 Å². The fourth-order valence-corrected chi connectivity index (χ4v) is 3.46. The van der Waals surface area contributed by atoms with Gasteiger partial charge in [0.1, 0.15) is 24.0 Å². The molecule has 5 rings (SSSR count). The first-order valence-corrected chi connectivity index (χ1v) is 9.58. The molecule has 8 nitrogen and oxygen atoms in total. The van der Waals surface area contributed by atoms with E-state index in [2.05, 4.69) is 26.5 Å². The molecule has 0 amide bonds. The molecule has 0 saturated heterocycles. The standard InChI is InChI=1S/C22H20N6O2/c1-14-11-28(13-24-14)20-8-7-18(26-22(20)29-2)21-25-19(12-30-27-21)16-5-6-17-15(10-16)4-3-9-23-17/h3-11,13,19H,12H2,1-2H3,(H,25,27). The van der Waals surface area contributed by atoms with Crippen LogP contribution in [0.15, 0.2) is 66.2 Å². The molecule has 0 aliphatic carbocycles. The Bertz CT molecular complexity index is 1250. The fourth-order valence-electron chi connectivity index (χ4n) is 3.46. The van der Waals surface area contributed by atoms with Gasteiger partial charge in [-0.15, -0.1) is 0 Å². The van der Waals surface area contributed by atoms with E-state index in [9.17, 15) is 0 Å². The molecule has 1 unspecified atom stereocenters. The van der Waals surface area contributed by atoms with Crippen LogP contribution in [0.2, 0.25) is 0 Å². The Hall–Kier alpha value is -3.78. The molecule has 150 valence electrons. The second kappa shape index (κ2) is 7.57. The van der Waals surface area contributed by atoms with Crippen LogP contribution in [0.4, 0.5) is 0 Å². The summed E-state index contributed by atoms with van der Waals surface area (Å²) in [6.07, 6.45) is 5.45. The highest BCUT2D eigenvalue weighted by Crippen LogP contribution is 2.26. The smallest absolute Gasteiger partial charge is 0.238 e. The number of aromatic nitrogens is 4. The maximum absolute atomic E-state index is 5.61. The summed E-state index contributed by atoms with van der Waals surface area (Å²) in [5.74, 6) is 1.04. The summed E-state index contributed by atoms with van der Waals surface area (Å²) >= 11 is 0. The Labute approximate surface area is 173 Å². The van der Waals surface area contributed by atoms with E-state index in [1.165, 1.54) is 0 Å². The number of rotatable bonds is 4. The summed E-state index contributed by atoms with van der Waals surface area (Å²) in [5.41, 5.74) is 7.26. The molecule has 4 heterocycles. The highest BCUT2D eigenvalue weighted by atomic mass is 16.6. The average molecular weight is 400 g/mol. The largest absolute Gasteiger partial charge is 0.479 e. The Kier molecular flexibility index (Phi) is 4.61. The number of amidine groups is 1. The fraction of sp³-hybridized carbons (Fsp3) is 0.182. The van der Waals surface area contributed by atoms with Gasteiger partial charge in [0.2, 0.25) is 5.88 Å². The molecule has 8 heteroatoms. The first-order valence-electron chi connectivity index (χ1n) is 9.58. The Morgan fingerprint density at radius 1 is 1.17 bits per heavy atom. The number of imidazole rings is 1. The number of nitrogens with zero attached hydrogens (tertiary/aromatic N) is 5. The summed E-state index contributed by atoms with van der Waals surface area (Å²) in [6, 6.07) is 13.8. The van der Waals surface area contributed by atoms with Gasteiger partial charge in [0.15, 0.2) is 5.84 Å². The third-order valence-electron chi connectivity index (χ3n) is 4.97. The summed E-state index contributed by atoms with van der Waals surface area (Å²) < 4.78 is 7.39. The van der Waals surface area contributed by atoms with E-state index in [1.54, 1.807) is 19.6 Å². The second-order valence-corrected chi connectivity index (χ2v) is 7.01. The Balaban J connectivity index is 1.49. The van der Waals surface area contributed by atoms with Gasteiger partial charge in [-0.1, -0.05) is 12.1 Å². The van der Waals surface area contributed by atoms with E-state index < -0.39 is 0 Å². The van der Waals surface area contributed by atoms with E-state index in [1.807, 2.05) is 54.1 Å². The van der Waals surface area contributed by atoms with Crippen molar-refractivity contribution in [3.05, 3.63) is 78.1 Å². The van der Waals surface area contributed by atoms with Crippen molar-refractivity contribution in [3.63, 3.8) is 0 Å². The van der Waals surface area contributed by atoms with Crippen molar-refractivity contribution in [2.45, 2.75) is 13.0 Å². The van der Waals surface area contributed by atoms with Gasteiger partial charge in [-0.25, -0.2) is 15.4 Å². The van der Waals surface area contributed by atoms with E-state index in [-0.39, 0.29) is 6.04 Å². The van der Waals surface area contributed by atoms with Gasteiger partial charge in [0, 0.05) is 17.8 Å². The minimum atomic E-state index is -0.144. The van der Waals surface area contributed by atoms with Crippen molar-refractivity contribution in [1.29, 1.82) is 0 Å². The van der Waals surface area contributed by atoms with E-state index in [0.717, 1.165) is 27.8 Å². The summed E-state index contributed by atoms with van der Waals surface area (Å²) in [6.45, 7) is 2.37. The van der Waals surface area contributed by atoms with E-state index >= 15 is 0 Å². The van der Waals surface area contributed by atoms with Gasteiger partial charge in [-0.2, -0.15) is 0 Å². The third kappa shape index (κ3) is 3.37. The van der Waals surface area contributed by atoms with Gasteiger partial charge in [-0.3, -0.25) is 14.8 Å². The van der Waals surface area contributed by atoms with Crippen LogP contribution in [0.3, 0.4) is 0 Å². The van der Waals surface area contributed by atoms with Gasteiger partial charge in [0.05, 0.1) is 24.6 Å². The lowest BCUT2D eigenvalue weighted by Gasteiger charge is -2.22. The van der Waals surface area contributed by atoms with Crippen LogP contribution in [0.25, 0.3) is 16.6 Å². The predicted molar refractivity (Wildman–Crippen MR) is 113 cm³/mol. The highest BCUT2D eigenvalue weighted by molar-refractivity contribution is 5.97. The Morgan fingerprint density at radius 3 is 2.93 bits per heavy atom. The Morgan fingerprint density at radius 2 is 2.10 bits per heavy atom. The number of aliphatic imine (C=N–C) groups is 1. The molecule has 1 atom stereocenters. The SMILES string of the molecule is COc1nc(C2=NC(c3ccc4ncccc4c3)CON2)ccc1-n1cnc(C)c1. The van der Waals surface area contributed by atoms with Gasteiger partial charge in [0.25, 0.3) is 0 Å². The van der Waals surface area contributed by atoms with Crippen molar-refractivity contribution in [2.75, 3.05) is 13.7 Å². The maximum atomic E-state index is 5.61. The van der Waals surface area contributed by atoms with Crippen molar-refractivity contribution in [3.8, 4) is 11.6 Å². The number of aryl methyl sites for hydroxylation is 1. The summed E-state index contributed by atoms with van der Waals surface area (Å²) in [5, 5.41) is 1.07. The van der Waals surface area contributed by atoms with Crippen molar-refractivity contribution in [2.24, 2.45) is 4.99 Å². The van der Waals surface area contributed by atoms with Crippen LogP contribution in [0, 0.1) is 6.92 Å². The molecule has 0 spiro atoms. The van der Waals surface area contributed by atoms with Crippen LogP contribution < -0.4 is 10.2 Å². The molecule has 0 radical (unpaired) electrons. The first kappa shape index (κ1) is 18.3. The summed E-state index contributed by atoms with van der Waals surface area (Å²) in [4.78, 5) is 23.7. The molecule has 1 aromatic carbocycles. The van der Waals surface area contributed by atoms with Crippen molar-refractivity contribution >= 4 is 16.7 Å². The molecule has 4 aromatic rings. The summed E-state index contributed by atoms with van der Waals surface area (Å²) in [7, 11) is 1.60. The lowest BCUT2D eigenvalue weighted by atomic mass is 10.0.